The molecule has 0 bridgehead atoms. The second-order valence-electron chi connectivity index (χ2n) is 4.02. The molecule has 4 heteroatoms. The van der Waals surface area contributed by atoms with Crippen LogP contribution in [0.25, 0.3) is 0 Å². The van der Waals surface area contributed by atoms with Crippen molar-refractivity contribution in [1.29, 1.82) is 0 Å². The summed E-state index contributed by atoms with van der Waals surface area (Å²) in [6, 6.07) is 6.48. The fourth-order valence-corrected chi connectivity index (χ4v) is 2.85. The maximum atomic E-state index is 13.1. The highest BCUT2D eigenvalue weighted by atomic mass is 35.5. The van der Waals surface area contributed by atoms with Crippen LogP contribution in [0.15, 0.2) is 24.3 Å². The monoisotopic (exact) mass is 270 g/mol. The Morgan fingerprint density at radius 2 is 1.94 bits per heavy atom. The van der Waals surface area contributed by atoms with E-state index in [9.17, 15) is 9.50 Å². The third kappa shape index (κ3) is 2.51. The molecule has 0 amide bonds. The fourth-order valence-electron chi connectivity index (χ4n) is 1.62. The van der Waals surface area contributed by atoms with E-state index in [1.807, 2.05) is 13.0 Å². The third-order valence-corrected chi connectivity index (χ3v) is 4.25. The Labute approximate surface area is 108 Å². The Kier molecular flexibility index (Phi) is 3.52. The molecule has 90 valence electrons. The van der Waals surface area contributed by atoms with Crippen LogP contribution in [-0.4, -0.2) is 5.11 Å². The highest BCUT2D eigenvalue weighted by Gasteiger charge is 2.15. The summed E-state index contributed by atoms with van der Waals surface area (Å²) in [6.07, 6.45) is -0.745. The van der Waals surface area contributed by atoms with Gasteiger partial charge in [-0.3, -0.25) is 0 Å². The molecule has 2 rings (SSSR count). The Hall–Kier alpha value is -0.900. The van der Waals surface area contributed by atoms with Crippen LogP contribution in [0.5, 0.6) is 0 Å². The fraction of sp³-hybridized carbons (Fsp3) is 0.231. The molecule has 0 aliphatic carbocycles. The van der Waals surface area contributed by atoms with Gasteiger partial charge in [-0.2, -0.15) is 0 Å². The summed E-state index contributed by atoms with van der Waals surface area (Å²) in [5, 5.41) is 10.2. The van der Waals surface area contributed by atoms with Crippen molar-refractivity contribution < 1.29 is 9.50 Å². The van der Waals surface area contributed by atoms with E-state index in [1.165, 1.54) is 17.4 Å². The molecule has 0 aliphatic rings. The lowest BCUT2D eigenvalue weighted by Gasteiger charge is -2.09. The SMILES string of the molecule is Cc1cc(C(O)c2cc(C)c(Cl)s2)ccc1F. The summed E-state index contributed by atoms with van der Waals surface area (Å²) >= 11 is 7.31. The van der Waals surface area contributed by atoms with Gasteiger partial charge >= 0.3 is 0 Å². The third-order valence-electron chi connectivity index (χ3n) is 2.64. The normalized spacial score (nSPS) is 12.8. The van der Waals surface area contributed by atoms with Crippen LogP contribution in [0, 0.1) is 19.7 Å². The van der Waals surface area contributed by atoms with Crippen molar-refractivity contribution in [2.45, 2.75) is 20.0 Å². The smallest absolute Gasteiger partial charge is 0.126 e. The molecule has 17 heavy (non-hydrogen) atoms. The number of benzene rings is 1. The number of hydrogen-bond acceptors (Lipinski definition) is 2. The summed E-state index contributed by atoms with van der Waals surface area (Å²) in [4.78, 5) is 0.776. The summed E-state index contributed by atoms with van der Waals surface area (Å²) in [5.41, 5.74) is 2.16. The maximum Gasteiger partial charge on any atom is 0.126 e. The van der Waals surface area contributed by atoms with Crippen molar-refractivity contribution in [2.24, 2.45) is 0 Å². The van der Waals surface area contributed by atoms with Crippen molar-refractivity contribution in [3.8, 4) is 0 Å². The Bertz CT molecular complexity index is 531. The van der Waals surface area contributed by atoms with Crippen LogP contribution in [0.1, 0.15) is 27.7 Å². The van der Waals surface area contributed by atoms with Crippen molar-refractivity contribution in [1.82, 2.24) is 0 Å². The van der Waals surface area contributed by atoms with Crippen molar-refractivity contribution in [3.63, 3.8) is 0 Å². The lowest BCUT2D eigenvalue weighted by molar-refractivity contribution is 0.224. The summed E-state index contributed by atoms with van der Waals surface area (Å²) < 4.78 is 13.8. The van der Waals surface area contributed by atoms with Gasteiger partial charge in [-0.25, -0.2) is 4.39 Å². The molecular formula is C13H12ClFOS. The van der Waals surface area contributed by atoms with Gasteiger partial charge in [0.1, 0.15) is 11.9 Å². The minimum atomic E-state index is -0.745. The van der Waals surface area contributed by atoms with E-state index < -0.39 is 6.10 Å². The van der Waals surface area contributed by atoms with E-state index in [0.717, 1.165) is 10.4 Å². The lowest BCUT2D eigenvalue weighted by Crippen LogP contribution is -1.98. The van der Waals surface area contributed by atoms with Crippen LogP contribution in [0.3, 0.4) is 0 Å². The van der Waals surface area contributed by atoms with Crippen LogP contribution < -0.4 is 0 Å². The molecular weight excluding hydrogens is 259 g/mol. The Morgan fingerprint density at radius 1 is 1.24 bits per heavy atom. The average molecular weight is 271 g/mol. The first-order chi connectivity index (χ1) is 7.99. The van der Waals surface area contributed by atoms with Gasteiger partial charge < -0.3 is 5.11 Å². The quantitative estimate of drug-likeness (QED) is 0.865. The predicted octanol–water partition coefficient (Wildman–Crippen LogP) is 4.24. The highest BCUT2D eigenvalue weighted by molar-refractivity contribution is 7.16. The second kappa shape index (κ2) is 4.77. The largest absolute Gasteiger partial charge is 0.383 e. The Balaban J connectivity index is 2.36. The van der Waals surface area contributed by atoms with Crippen LogP contribution in [0.4, 0.5) is 4.39 Å². The second-order valence-corrected chi connectivity index (χ2v) is 5.70. The van der Waals surface area contributed by atoms with Gasteiger partial charge in [0.25, 0.3) is 0 Å². The zero-order valence-electron chi connectivity index (χ0n) is 9.50. The molecule has 1 nitrogen and oxygen atoms in total. The molecule has 0 saturated carbocycles. The first-order valence-electron chi connectivity index (χ1n) is 5.19. The number of thiophene rings is 1. The van der Waals surface area contributed by atoms with E-state index in [-0.39, 0.29) is 5.82 Å². The molecule has 0 spiro atoms. The molecule has 1 N–H and O–H groups in total. The molecule has 2 aromatic rings. The molecule has 0 fully saturated rings. The van der Waals surface area contributed by atoms with Gasteiger partial charge in [0, 0.05) is 4.88 Å². The Morgan fingerprint density at radius 3 is 2.47 bits per heavy atom. The summed E-state index contributed by atoms with van der Waals surface area (Å²) in [5.74, 6) is -0.263. The van der Waals surface area contributed by atoms with Gasteiger partial charge in [0.05, 0.1) is 4.34 Å². The zero-order chi connectivity index (χ0) is 12.6. The van der Waals surface area contributed by atoms with Crippen molar-refractivity contribution in [3.05, 3.63) is 56.0 Å². The molecule has 0 saturated heterocycles. The van der Waals surface area contributed by atoms with Crippen LogP contribution >= 0.6 is 22.9 Å². The minimum absolute atomic E-state index is 0.263. The number of hydrogen-bond donors (Lipinski definition) is 1. The summed E-state index contributed by atoms with van der Waals surface area (Å²) in [6.45, 7) is 3.57. The first kappa shape index (κ1) is 12.6. The standard InChI is InChI=1S/C13H12ClFOS/c1-7-5-9(3-4-10(7)15)12(16)11-6-8(2)13(14)17-11/h3-6,12,16H,1-2H3. The average Bonchev–Trinajstić information content (AvgIpc) is 2.62. The number of halogens is 2. The number of aliphatic hydroxyl groups is 1. The molecule has 1 aromatic carbocycles. The van der Waals surface area contributed by atoms with E-state index in [0.29, 0.717) is 15.5 Å². The van der Waals surface area contributed by atoms with Gasteiger partial charge in [-0.05, 0) is 42.7 Å². The summed E-state index contributed by atoms with van der Waals surface area (Å²) in [7, 11) is 0. The van der Waals surface area contributed by atoms with Gasteiger partial charge in [0.15, 0.2) is 0 Å². The number of rotatable bonds is 2. The van der Waals surface area contributed by atoms with Crippen molar-refractivity contribution >= 4 is 22.9 Å². The molecule has 1 atom stereocenters. The lowest BCUT2D eigenvalue weighted by atomic mass is 10.0. The van der Waals surface area contributed by atoms with Gasteiger partial charge in [-0.1, -0.05) is 23.7 Å². The number of aryl methyl sites for hydroxylation is 2. The predicted molar refractivity (Wildman–Crippen MR) is 69.3 cm³/mol. The van der Waals surface area contributed by atoms with Gasteiger partial charge in [0.2, 0.25) is 0 Å². The van der Waals surface area contributed by atoms with Crippen LogP contribution in [-0.2, 0) is 0 Å². The van der Waals surface area contributed by atoms with Gasteiger partial charge in [-0.15, -0.1) is 11.3 Å². The topological polar surface area (TPSA) is 20.2 Å². The molecule has 0 radical (unpaired) electrons. The maximum absolute atomic E-state index is 13.1. The number of aliphatic hydroxyl groups excluding tert-OH is 1. The highest BCUT2D eigenvalue weighted by Crippen LogP contribution is 2.34. The van der Waals surface area contributed by atoms with Crippen molar-refractivity contribution in [2.75, 3.05) is 0 Å². The van der Waals surface area contributed by atoms with Crippen LogP contribution in [0.2, 0.25) is 4.34 Å². The molecule has 1 unspecified atom stereocenters. The first-order valence-corrected chi connectivity index (χ1v) is 6.38. The minimum Gasteiger partial charge on any atom is -0.383 e. The molecule has 0 aliphatic heterocycles. The molecule has 1 aromatic heterocycles. The van der Waals surface area contributed by atoms with E-state index >= 15 is 0 Å². The van der Waals surface area contributed by atoms with E-state index in [4.69, 9.17) is 11.6 Å². The molecule has 1 heterocycles. The zero-order valence-corrected chi connectivity index (χ0v) is 11.1. The van der Waals surface area contributed by atoms with E-state index in [1.54, 1.807) is 19.1 Å². The van der Waals surface area contributed by atoms with E-state index in [2.05, 4.69) is 0 Å².